The first kappa shape index (κ1) is 22.8. The van der Waals surface area contributed by atoms with Crippen LogP contribution in [0.15, 0.2) is 77.6 Å². The monoisotopic (exact) mass is 456 g/mol. The van der Waals surface area contributed by atoms with E-state index in [1.165, 1.54) is 18.7 Å². The van der Waals surface area contributed by atoms with Crippen LogP contribution in [0.1, 0.15) is 16.1 Å². The van der Waals surface area contributed by atoms with Crippen molar-refractivity contribution in [1.82, 2.24) is 4.57 Å². The van der Waals surface area contributed by atoms with E-state index in [1.807, 2.05) is 37.3 Å². The van der Waals surface area contributed by atoms with Gasteiger partial charge in [0.25, 0.3) is 11.5 Å². The molecule has 7 nitrogen and oxygen atoms in total. The molecule has 34 heavy (non-hydrogen) atoms. The zero-order chi connectivity index (χ0) is 24.2. The summed E-state index contributed by atoms with van der Waals surface area (Å²) in [6.45, 7) is 1.45. The fourth-order valence-electron chi connectivity index (χ4n) is 3.85. The number of carbonyl (C=O) groups excluding carboxylic acids is 2. The molecule has 1 aromatic heterocycles. The van der Waals surface area contributed by atoms with E-state index in [2.05, 4.69) is 5.32 Å². The third-order valence-corrected chi connectivity index (χ3v) is 5.55. The van der Waals surface area contributed by atoms with Crippen molar-refractivity contribution in [2.24, 2.45) is 7.05 Å². The molecule has 4 rings (SSSR count). The summed E-state index contributed by atoms with van der Waals surface area (Å²) in [6.07, 6.45) is 0. The Morgan fingerprint density at radius 2 is 1.56 bits per heavy atom. The number of benzene rings is 3. The highest BCUT2D eigenvalue weighted by Crippen LogP contribution is 2.31. The number of para-hydroxylation sites is 2. The van der Waals surface area contributed by atoms with Gasteiger partial charge in [0.2, 0.25) is 0 Å². The molecule has 0 saturated carbocycles. The standard InChI is InChI=1S/C27H24N2O5/c1-17-12-14-18(15-13-17)24-19-8-4-5-9-20(19)26(31)29(2)25(24)27(32)34-16-23(30)28-21-10-6-7-11-22(21)33-3/h4-15H,16H2,1-3H3,(H,28,30). The molecule has 172 valence electrons. The summed E-state index contributed by atoms with van der Waals surface area (Å²) in [7, 11) is 3.02. The third kappa shape index (κ3) is 4.41. The number of anilines is 1. The lowest BCUT2D eigenvalue weighted by atomic mass is 9.96. The molecule has 0 spiro atoms. The van der Waals surface area contributed by atoms with Crippen LogP contribution in [0.4, 0.5) is 5.69 Å². The minimum absolute atomic E-state index is 0.0812. The Hall–Kier alpha value is -4.39. The van der Waals surface area contributed by atoms with Crippen molar-refractivity contribution in [3.05, 3.63) is 94.4 Å². The summed E-state index contributed by atoms with van der Waals surface area (Å²) < 4.78 is 11.9. The lowest BCUT2D eigenvalue weighted by Gasteiger charge is -2.17. The molecule has 1 N–H and O–H groups in total. The Morgan fingerprint density at radius 1 is 0.912 bits per heavy atom. The topological polar surface area (TPSA) is 86.6 Å². The lowest BCUT2D eigenvalue weighted by molar-refractivity contribution is -0.119. The van der Waals surface area contributed by atoms with Gasteiger partial charge in [-0.15, -0.1) is 0 Å². The number of methoxy groups -OCH3 is 1. The van der Waals surface area contributed by atoms with Gasteiger partial charge >= 0.3 is 5.97 Å². The highest BCUT2D eigenvalue weighted by Gasteiger charge is 2.23. The van der Waals surface area contributed by atoms with Crippen LogP contribution >= 0.6 is 0 Å². The number of ether oxygens (including phenoxy) is 2. The van der Waals surface area contributed by atoms with Crippen LogP contribution in [0, 0.1) is 6.92 Å². The number of hydrogen-bond donors (Lipinski definition) is 1. The molecule has 0 aliphatic carbocycles. The van der Waals surface area contributed by atoms with Gasteiger partial charge in [-0.05, 0) is 36.1 Å². The van der Waals surface area contributed by atoms with E-state index in [0.29, 0.717) is 27.8 Å². The average molecular weight is 456 g/mol. The largest absolute Gasteiger partial charge is 0.495 e. The van der Waals surface area contributed by atoms with Crippen LogP contribution < -0.4 is 15.6 Å². The molecule has 0 aliphatic rings. The van der Waals surface area contributed by atoms with Crippen molar-refractivity contribution < 1.29 is 19.1 Å². The minimum atomic E-state index is -0.767. The van der Waals surface area contributed by atoms with Crippen molar-refractivity contribution in [3.8, 4) is 16.9 Å². The van der Waals surface area contributed by atoms with Gasteiger partial charge < -0.3 is 19.4 Å². The Bertz CT molecular complexity index is 1440. The van der Waals surface area contributed by atoms with Crippen LogP contribution in [0.5, 0.6) is 5.75 Å². The van der Waals surface area contributed by atoms with Crippen molar-refractivity contribution >= 4 is 28.3 Å². The number of aromatic nitrogens is 1. The maximum Gasteiger partial charge on any atom is 0.356 e. The molecule has 1 amide bonds. The van der Waals surface area contributed by atoms with Gasteiger partial charge in [0.05, 0.1) is 12.8 Å². The van der Waals surface area contributed by atoms with Crippen LogP contribution in [0.2, 0.25) is 0 Å². The molecule has 7 heteroatoms. The van der Waals surface area contributed by atoms with E-state index < -0.39 is 18.5 Å². The minimum Gasteiger partial charge on any atom is -0.495 e. The van der Waals surface area contributed by atoms with Crippen LogP contribution in [-0.4, -0.2) is 30.2 Å². The highest BCUT2D eigenvalue weighted by molar-refractivity contribution is 6.07. The zero-order valence-corrected chi connectivity index (χ0v) is 19.1. The maximum absolute atomic E-state index is 13.2. The van der Waals surface area contributed by atoms with E-state index in [0.717, 1.165) is 11.1 Å². The van der Waals surface area contributed by atoms with Crippen LogP contribution in [-0.2, 0) is 16.6 Å². The number of nitrogens with zero attached hydrogens (tertiary/aromatic N) is 1. The van der Waals surface area contributed by atoms with Gasteiger partial charge in [0, 0.05) is 18.0 Å². The number of carbonyl (C=O) groups is 2. The second-order valence-corrected chi connectivity index (χ2v) is 7.82. The van der Waals surface area contributed by atoms with Gasteiger partial charge in [-0.2, -0.15) is 0 Å². The van der Waals surface area contributed by atoms with Crippen molar-refractivity contribution in [2.75, 3.05) is 19.0 Å². The second-order valence-electron chi connectivity index (χ2n) is 7.82. The van der Waals surface area contributed by atoms with E-state index in [9.17, 15) is 14.4 Å². The molecule has 0 fully saturated rings. The molecule has 0 radical (unpaired) electrons. The summed E-state index contributed by atoms with van der Waals surface area (Å²) in [4.78, 5) is 38.7. The maximum atomic E-state index is 13.2. The molecular weight excluding hydrogens is 432 g/mol. The lowest BCUT2D eigenvalue weighted by Crippen LogP contribution is -2.28. The smallest absolute Gasteiger partial charge is 0.356 e. The summed E-state index contributed by atoms with van der Waals surface area (Å²) in [5, 5.41) is 3.80. The molecular formula is C27H24N2O5. The van der Waals surface area contributed by atoms with Gasteiger partial charge in [-0.25, -0.2) is 4.79 Å². The molecule has 4 aromatic rings. The number of pyridine rings is 1. The normalized spacial score (nSPS) is 10.7. The second kappa shape index (κ2) is 9.62. The molecule has 0 saturated heterocycles. The Labute approximate surface area is 196 Å². The first-order chi connectivity index (χ1) is 16.4. The fourth-order valence-corrected chi connectivity index (χ4v) is 3.85. The predicted octanol–water partition coefficient (Wildman–Crippen LogP) is 4.32. The van der Waals surface area contributed by atoms with Gasteiger partial charge in [0.15, 0.2) is 6.61 Å². The molecule has 3 aromatic carbocycles. The Morgan fingerprint density at radius 3 is 2.26 bits per heavy atom. The first-order valence-electron chi connectivity index (χ1n) is 10.7. The van der Waals surface area contributed by atoms with Gasteiger partial charge in [-0.1, -0.05) is 60.2 Å². The first-order valence-corrected chi connectivity index (χ1v) is 10.7. The molecule has 0 unspecified atom stereocenters. The number of nitrogens with one attached hydrogen (secondary N) is 1. The number of aryl methyl sites for hydroxylation is 1. The van der Waals surface area contributed by atoms with Crippen molar-refractivity contribution in [3.63, 3.8) is 0 Å². The van der Waals surface area contributed by atoms with E-state index >= 15 is 0 Å². The molecule has 0 aliphatic heterocycles. The summed E-state index contributed by atoms with van der Waals surface area (Å²) in [5.41, 5.74) is 2.63. The zero-order valence-electron chi connectivity index (χ0n) is 19.1. The molecule has 1 heterocycles. The fraction of sp³-hybridized carbons (Fsp3) is 0.148. The number of fused-ring (bicyclic) bond motifs is 1. The quantitative estimate of drug-likeness (QED) is 0.437. The van der Waals surface area contributed by atoms with E-state index in [1.54, 1.807) is 42.5 Å². The Balaban J connectivity index is 1.69. The van der Waals surface area contributed by atoms with Gasteiger partial charge in [0.1, 0.15) is 11.4 Å². The number of rotatable bonds is 6. The third-order valence-electron chi connectivity index (χ3n) is 5.55. The van der Waals surface area contributed by atoms with Crippen molar-refractivity contribution in [1.29, 1.82) is 0 Å². The predicted molar refractivity (Wildman–Crippen MR) is 131 cm³/mol. The SMILES string of the molecule is COc1ccccc1NC(=O)COC(=O)c1c(-c2ccc(C)cc2)c2ccccc2c(=O)n1C. The highest BCUT2D eigenvalue weighted by atomic mass is 16.5. The number of hydrogen-bond acceptors (Lipinski definition) is 5. The molecule has 0 bridgehead atoms. The number of amides is 1. The van der Waals surface area contributed by atoms with Crippen molar-refractivity contribution in [2.45, 2.75) is 6.92 Å². The Kier molecular flexibility index (Phi) is 6.45. The van der Waals surface area contributed by atoms with E-state index in [4.69, 9.17) is 9.47 Å². The number of esters is 1. The van der Waals surface area contributed by atoms with E-state index in [-0.39, 0.29) is 11.3 Å². The summed E-state index contributed by atoms with van der Waals surface area (Å²) in [6, 6.07) is 21.7. The average Bonchev–Trinajstić information content (AvgIpc) is 2.85. The van der Waals surface area contributed by atoms with Gasteiger partial charge in [-0.3, -0.25) is 9.59 Å². The van der Waals surface area contributed by atoms with Crippen LogP contribution in [0.3, 0.4) is 0 Å². The summed E-state index contributed by atoms with van der Waals surface area (Å²) >= 11 is 0. The summed E-state index contributed by atoms with van der Waals surface area (Å²) in [5.74, 6) is -0.808. The molecule has 0 atom stereocenters. The van der Waals surface area contributed by atoms with Crippen LogP contribution in [0.25, 0.3) is 21.9 Å².